The lowest BCUT2D eigenvalue weighted by molar-refractivity contribution is -0.428. The molecule has 0 heterocycles. The van der Waals surface area contributed by atoms with Crippen LogP contribution in [-0.4, -0.2) is 31.8 Å². The van der Waals surface area contributed by atoms with E-state index in [2.05, 4.69) is 37.6 Å². The largest absolute Gasteiger partial charge is 0.411 e. The fourth-order valence-corrected chi connectivity index (χ4v) is 2.07. The van der Waals surface area contributed by atoms with Gasteiger partial charge in [-0.05, 0) is 18.6 Å². The molecule has 0 fully saturated rings. The molecule has 3 heteroatoms. The van der Waals surface area contributed by atoms with Crippen LogP contribution in [0, 0.1) is 0 Å². The first-order valence-corrected chi connectivity index (χ1v) is 6.37. The molecule has 1 rings (SSSR count). The van der Waals surface area contributed by atoms with E-state index >= 15 is 0 Å². The lowest BCUT2D eigenvalue weighted by atomic mass is 10.3. The number of hydrogen-bond acceptors (Lipinski definition) is 0. The molecule has 0 aliphatic carbocycles. The molecule has 0 aliphatic heterocycles. The lowest BCUT2D eigenvalue weighted by Gasteiger charge is -2.20. The van der Waals surface area contributed by atoms with Gasteiger partial charge in [-0.15, -0.1) is 0 Å². The molecule has 0 saturated carbocycles. The van der Waals surface area contributed by atoms with Crippen LogP contribution in [0.25, 0.3) is 5.43 Å². The Bertz CT molecular complexity index is 308. The van der Waals surface area contributed by atoms with Crippen LogP contribution >= 0.6 is 7.92 Å². The maximum atomic E-state index is 4.32. The number of benzene rings is 1. The van der Waals surface area contributed by atoms with Crippen molar-refractivity contribution in [3.63, 3.8) is 0 Å². The van der Waals surface area contributed by atoms with Gasteiger partial charge >= 0.3 is 0 Å². The third kappa shape index (κ3) is 2.82. The van der Waals surface area contributed by atoms with Crippen LogP contribution in [0.15, 0.2) is 24.3 Å². The molecule has 0 N–H and O–H groups in total. The summed E-state index contributed by atoms with van der Waals surface area (Å²) in [5, 5.41) is 1.33. The van der Waals surface area contributed by atoms with Crippen molar-refractivity contribution in [2.75, 3.05) is 20.4 Å². The Morgan fingerprint density at radius 1 is 1.31 bits per heavy atom. The molecule has 0 unspecified atom stereocenters. The average molecular weight is 194 g/mol. The van der Waals surface area contributed by atoms with Crippen LogP contribution in [-0.2, 0) is 0 Å². The Labute approximate surface area is 81.0 Å². The molecule has 0 aromatic heterocycles. The highest BCUT2D eigenvalue weighted by Gasteiger charge is 1.99. The number of hydrogen-bond donors (Lipinski definition) is 0. The van der Waals surface area contributed by atoms with E-state index in [0.29, 0.717) is 0 Å². The second-order valence-electron chi connectivity index (χ2n) is 3.14. The summed E-state index contributed by atoms with van der Waals surface area (Å²) in [5.74, 6) is 0. The molecule has 0 amide bonds. The standard InChI is InChI=1S/C10H15N2P/c1-12(2)11-9-7-5-6-8-10(9)13(3)4/h5-8H,1H2,2-4H3. The smallest absolute Gasteiger partial charge is 0.127 e. The predicted octanol–water partition coefficient (Wildman–Crippen LogP) is 2.32. The molecular formula is C10H15N2P. The van der Waals surface area contributed by atoms with Crippen molar-refractivity contribution in [2.24, 2.45) is 0 Å². The fraction of sp³-hybridized carbons (Fsp3) is 0.300. The van der Waals surface area contributed by atoms with Crippen molar-refractivity contribution in [1.82, 2.24) is 0 Å². The van der Waals surface area contributed by atoms with Gasteiger partial charge in [-0.3, -0.25) is 4.68 Å². The van der Waals surface area contributed by atoms with Crippen LogP contribution in [0.3, 0.4) is 0 Å². The summed E-state index contributed by atoms with van der Waals surface area (Å²) in [5.41, 5.74) is 5.36. The van der Waals surface area contributed by atoms with Gasteiger partial charge in [-0.1, -0.05) is 37.9 Å². The van der Waals surface area contributed by atoms with Gasteiger partial charge in [-0.2, -0.15) is 0 Å². The topological polar surface area (TPSA) is 17.1 Å². The Balaban J connectivity index is 2.97. The van der Waals surface area contributed by atoms with E-state index in [0.717, 1.165) is 5.69 Å². The minimum Gasteiger partial charge on any atom is -0.411 e. The van der Waals surface area contributed by atoms with Crippen LogP contribution in [0.5, 0.6) is 0 Å². The molecule has 13 heavy (non-hydrogen) atoms. The SMILES string of the molecule is C=[N+](C)[N-]c1ccccc1P(C)C. The van der Waals surface area contributed by atoms with E-state index in [4.69, 9.17) is 0 Å². The van der Waals surface area contributed by atoms with Crippen molar-refractivity contribution in [1.29, 1.82) is 0 Å². The highest BCUT2D eigenvalue weighted by Crippen LogP contribution is 2.30. The van der Waals surface area contributed by atoms with Crippen LogP contribution < -0.4 is 5.30 Å². The van der Waals surface area contributed by atoms with Crippen molar-refractivity contribution in [2.45, 2.75) is 0 Å². The summed E-state index contributed by atoms with van der Waals surface area (Å²) in [4.78, 5) is 0. The third-order valence-electron chi connectivity index (χ3n) is 1.64. The van der Waals surface area contributed by atoms with E-state index in [1.165, 1.54) is 5.30 Å². The first-order valence-electron chi connectivity index (χ1n) is 4.13. The van der Waals surface area contributed by atoms with Gasteiger partial charge in [0.1, 0.15) is 13.8 Å². The van der Waals surface area contributed by atoms with E-state index in [9.17, 15) is 0 Å². The molecule has 0 aliphatic rings. The first-order chi connectivity index (χ1) is 6.11. The van der Waals surface area contributed by atoms with Crippen molar-refractivity contribution >= 4 is 25.6 Å². The number of nitrogens with zero attached hydrogens (tertiary/aromatic N) is 2. The second kappa shape index (κ2) is 4.38. The molecule has 1 aromatic carbocycles. The van der Waals surface area contributed by atoms with Crippen molar-refractivity contribution in [3.8, 4) is 0 Å². The van der Waals surface area contributed by atoms with Gasteiger partial charge < -0.3 is 5.43 Å². The van der Waals surface area contributed by atoms with Crippen molar-refractivity contribution in [3.05, 3.63) is 29.7 Å². The minimum atomic E-state index is -0.0952. The molecule has 0 atom stereocenters. The Kier molecular flexibility index (Phi) is 3.44. The van der Waals surface area contributed by atoms with Gasteiger partial charge in [0.15, 0.2) is 0 Å². The molecule has 0 bridgehead atoms. The van der Waals surface area contributed by atoms with E-state index in [-0.39, 0.29) is 7.92 Å². The lowest BCUT2D eigenvalue weighted by Crippen LogP contribution is -2.03. The molecule has 0 spiro atoms. The summed E-state index contributed by atoms with van der Waals surface area (Å²) in [6.07, 6.45) is 0. The van der Waals surface area contributed by atoms with Gasteiger partial charge in [0.2, 0.25) is 0 Å². The van der Waals surface area contributed by atoms with E-state index < -0.39 is 0 Å². The second-order valence-corrected chi connectivity index (χ2v) is 5.41. The Morgan fingerprint density at radius 3 is 2.46 bits per heavy atom. The fourth-order valence-electron chi connectivity index (χ4n) is 1.11. The van der Waals surface area contributed by atoms with Gasteiger partial charge in [-0.25, -0.2) is 0 Å². The average Bonchev–Trinajstić information content (AvgIpc) is 2.03. The minimum absolute atomic E-state index is 0.0952. The van der Waals surface area contributed by atoms with E-state index in [1.807, 2.05) is 19.2 Å². The zero-order valence-electron chi connectivity index (χ0n) is 8.36. The third-order valence-corrected chi connectivity index (χ3v) is 2.98. The first kappa shape index (κ1) is 10.2. The summed E-state index contributed by atoms with van der Waals surface area (Å²) in [6.45, 7) is 8.17. The van der Waals surface area contributed by atoms with E-state index in [1.54, 1.807) is 4.68 Å². The molecule has 2 nitrogen and oxygen atoms in total. The Hall–Kier alpha value is -0.880. The molecule has 0 radical (unpaired) electrons. The van der Waals surface area contributed by atoms with Gasteiger partial charge in [0, 0.05) is 0 Å². The predicted molar refractivity (Wildman–Crippen MR) is 61.2 cm³/mol. The molecule has 70 valence electrons. The Morgan fingerprint density at radius 2 is 1.92 bits per heavy atom. The van der Waals surface area contributed by atoms with Crippen LogP contribution in [0.4, 0.5) is 5.69 Å². The maximum Gasteiger partial charge on any atom is 0.127 e. The normalized spacial score (nSPS) is 10.2. The summed E-state index contributed by atoms with van der Waals surface area (Å²) in [6, 6.07) is 8.22. The molecule has 0 saturated heterocycles. The quantitative estimate of drug-likeness (QED) is 0.304. The zero-order valence-corrected chi connectivity index (χ0v) is 9.25. The van der Waals surface area contributed by atoms with Crippen LogP contribution in [0.1, 0.15) is 0 Å². The van der Waals surface area contributed by atoms with Crippen molar-refractivity contribution < 1.29 is 4.68 Å². The maximum absolute atomic E-state index is 4.32. The van der Waals surface area contributed by atoms with Gasteiger partial charge in [0.25, 0.3) is 0 Å². The van der Waals surface area contributed by atoms with Gasteiger partial charge in [0.05, 0.1) is 0 Å². The summed E-state index contributed by atoms with van der Waals surface area (Å²) in [7, 11) is 1.74. The molecule has 1 aromatic rings. The monoisotopic (exact) mass is 194 g/mol. The van der Waals surface area contributed by atoms with Crippen LogP contribution in [0.2, 0.25) is 0 Å². The highest BCUT2D eigenvalue weighted by atomic mass is 31.1. The summed E-state index contributed by atoms with van der Waals surface area (Å²) >= 11 is 0. The molecular weight excluding hydrogens is 179 g/mol. The number of rotatable bonds is 3. The zero-order chi connectivity index (χ0) is 9.84. The highest BCUT2D eigenvalue weighted by molar-refractivity contribution is 7.64. The summed E-state index contributed by atoms with van der Waals surface area (Å²) < 4.78 is 1.59.